The second-order valence-electron chi connectivity index (χ2n) is 13.7. The van der Waals surface area contributed by atoms with E-state index in [1.807, 2.05) is 18.2 Å². The van der Waals surface area contributed by atoms with Gasteiger partial charge in [-0.3, -0.25) is 29.2 Å². The minimum Gasteiger partial charge on any atom is -0.311 e. The molecular formula is C32H44N6O3. The predicted molar refractivity (Wildman–Crippen MR) is 157 cm³/mol. The van der Waals surface area contributed by atoms with E-state index >= 15 is 0 Å². The molecule has 4 bridgehead atoms. The number of hydrogen-bond donors (Lipinski definition) is 2. The molecule has 1 aromatic carbocycles. The van der Waals surface area contributed by atoms with Crippen molar-refractivity contribution in [1.29, 1.82) is 0 Å². The maximum atomic E-state index is 13.8. The van der Waals surface area contributed by atoms with Gasteiger partial charge in [-0.15, -0.1) is 0 Å². The highest BCUT2D eigenvalue weighted by molar-refractivity contribution is 5.99. The van der Waals surface area contributed by atoms with Gasteiger partial charge in [-0.25, -0.2) is 4.98 Å². The number of fused-ring (bicyclic) bond motifs is 1. The molecule has 2 aliphatic heterocycles. The molecule has 3 heterocycles. The van der Waals surface area contributed by atoms with Crippen LogP contribution in [-0.4, -0.2) is 76.0 Å². The lowest BCUT2D eigenvalue weighted by Crippen LogP contribution is -2.58. The van der Waals surface area contributed by atoms with Gasteiger partial charge in [-0.05, 0) is 101 Å². The van der Waals surface area contributed by atoms with Gasteiger partial charge in [0.25, 0.3) is 5.56 Å². The van der Waals surface area contributed by atoms with Crippen LogP contribution in [0.5, 0.6) is 0 Å². The van der Waals surface area contributed by atoms with E-state index in [9.17, 15) is 14.4 Å². The molecular weight excluding hydrogens is 516 g/mol. The van der Waals surface area contributed by atoms with Crippen LogP contribution in [-0.2, 0) is 16.1 Å². The van der Waals surface area contributed by atoms with E-state index in [-0.39, 0.29) is 17.9 Å². The zero-order valence-electron chi connectivity index (χ0n) is 24.4. The molecule has 9 heteroatoms. The van der Waals surface area contributed by atoms with E-state index in [1.165, 1.54) is 49.5 Å². The van der Waals surface area contributed by atoms with E-state index in [4.69, 9.17) is 4.98 Å². The number of carbonyl (C=O) groups is 2. The number of amides is 2. The van der Waals surface area contributed by atoms with Crippen molar-refractivity contribution < 1.29 is 9.59 Å². The Morgan fingerprint density at radius 2 is 1.66 bits per heavy atom. The lowest BCUT2D eigenvalue weighted by atomic mass is 9.53. The third-order valence-electron chi connectivity index (χ3n) is 10.8. The maximum absolute atomic E-state index is 13.8. The van der Waals surface area contributed by atoms with Gasteiger partial charge in [0.1, 0.15) is 11.9 Å². The molecule has 0 spiro atoms. The van der Waals surface area contributed by atoms with Gasteiger partial charge in [0.15, 0.2) is 0 Å². The third kappa shape index (κ3) is 5.37. The monoisotopic (exact) mass is 560 g/mol. The van der Waals surface area contributed by atoms with E-state index < -0.39 is 11.9 Å². The standard InChI is InChI=1S/C32H44N6O3/c1-21-34-26-5-2-4-25(29(26)31(41)38(21)27-6-7-28(39)35-30(27)40)20-37-12-10-36(11-13-37)9-3-8-33-32-17-22-14-23(18-32)16-24(15-22)19-32/h2,4-5,22-24,27,33H,3,6-20H2,1H3,(H,35,39,40). The maximum Gasteiger partial charge on any atom is 0.262 e. The summed E-state index contributed by atoms with van der Waals surface area (Å²) in [6.07, 6.45) is 10.5. The zero-order valence-corrected chi connectivity index (χ0v) is 24.4. The van der Waals surface area contributed by atoms with E-state index in [0.717, 1.165) is 62.6 Å². The fourth-order valence-corrected chi connectivity index (χ4v) is 9.24. The molecule has 2 N–H and O–H groups in total. The fourth-order valence-electron chi connectivity index (χ4n) is 9.24. The summed E-state index contributed by atoms with van der Waals surface area (Å²) in [7, 11) is 0. The van der Waals surface area contributed by atoms with Crippen molar-refractivity contribution in [2.24, 2.45) is 17.8 Å². The second kappa shape index (κ2) is 10.9. The lowest BCUT2D eigenvalue weighted by Gasteiger charge is -2.57. The van der Waals surface area contributed by atoms with Gasteiger partial charge in [-0.1, -0.05) is 12.1 Å². The smallest absolute Gasteiger partial charge is 0.262 e. The first-order valence-electron chi connectivity index (χ1n) is 15.9. The molecule has 41 heavy (non-hydrogen) atoms. The van der Waals surface area contributed by atoms with Gasteiger partial charge in [0, 0.05) is 44.7 Å². The Labute approximate surface area is 242 Å². The van der Waals surface area contributed by atoms with Crippen LogP contribution in [0.1, 0.15) is 75.2 Å². The van der Waals surface area contributed by atoms with Gasteiger partial charge < -0.3 is 10.2 Å². The summed E-state index contributed by atoms with van der Waals surface area (Å²) in [6, 6.07) is 5.15. The van der Waals surface area contributed by atoms with E-state index in [0.29, 0.717) is 35.2 Å². The van der Waals surface area contributed by atoms with Crippen LogP contribution in [0.2, 0.25) is 0 Å². The summed E-state index contributed by atoms with van der Waals surface area (Å²) >= 11 is 0. The summed E-state index contributed by atoms with van der Waals surface area (Å²) < 4.78 is 1.49. The van der Waals surface area contributed by atoms with Gasteiger partial charge in [-0.2, -0.15) is 0 Å². The van der Waals surface area contributed by atoms with Crippen molar-refractivity contribution in [3.8, 4) is 0 Å². The van der Waals surface area contributed by atoms with Crippen LogP contribution in [0.4, 0.5) is 0 Å². The van der Waals surface area contributed by atoms with Crippen LogP contribution in [0.15, 0.2) is 23.0 Å². The molecule has 4 saturated carbocycles. The molecule has 2 saturated heterocycles. The van der Waals surface area contributed by atoms with Crippen LogP contribution in [0.3, 0.4) is 0 Å². The van der Waals surface area contributed by atoms with Gasteiger partial charge >= 0.3 is 0 Å². The number of piperazine rings is 1. The number of imide groups is 1. The Kier molecular flexibility index (Phi) is 7.24. The second-order valence-corrected chi connectivity index (χ2v) is 13.7. The fraction of sp³-hybridized carbons (Fsp3) is 0.688. The largest absolute Gasteiger partial charge is 0.311 e. The molecule has 6 fully saturated rings. The molecule has 2 amide bonds. The lowest BCUT2D eigenvalue weighted by molar-refractivity contribution is -0.135. The number of nitrogens with one attached hydrogen (secondary N) is 2. The summed E-state index contributed by atoms with van der Waals surface area (Å²) in [5.41, 5.74) is 1.88. The highest BCUT2D eigenvalue weighted by Crippen LogP contribution is 2.55. The summed E-state index contributed by atoms with van der Waals surface area (Å²) in [4.78, 5) is 47.7. The molecule has 0 radical (unpaired) electrons. The first kappa shape index (κ1) is 27.2. The first-order chi connectivity index (χ1) is 19.9. The Bertz CT molecular complexity index is 1360. The number of carbonyl (C=O) groups excluding carboxylic acids is 2. The van der Waals surface area contributed by atoms with E-state index in [1.54, 1.807) is 6.92 Å². The predicted octanol–water partition coefficient (Wildman–Crippen LogP) is 2.75. The molecule has 1 atom stereocenters. The SMILES string of the molecule is Cc1nc2cccc(CN3CCN(CCCNC45CC6CC(CC(C6)C4)C5)CC3)c2c(=O)n1C1CCC(=O)NC1=O. The highest BCUT2D eigenvalue weighted by atomic mass is 16.2. The zero-order chi connectivity index (χ0) is 28.1. The molecule has 220 valence electrons. The number of aryl methyl sites for hydroxylation is 1. The van der Waals surface area contributed by atoms with Crippen molar-refractivity contribution in [3.63, 3.8) is 0 Å². The molecule has 8 rings (SSSR count). The average molecular weight is 561 g/mol. The third-order valence-corrected chi connectivity index (χ3v) is 10.8. The van der Waals surface area contributed by atoms with Crippen LogP contribution < -0.4 is 16.2 Å². The van der Waals surface area contributed by atoms with Crippen molar-refractivity contribution >= 4 is 22.7 Å². The van der Waals surface area contributed by atoms with Gasteiger partial charge in [0.05, 0.1) is 10.9 Å². The van der Waals surface area contributed by atoms with Crippen molar-refractivity contribution in [2.45, 2.75) is 82.8 Å². The minimum atomic E-state index is -0.703. The number of nitrogens with zero attached hydrogens (tertiary/aromatic N) is 4. The molecule has 1 unspecified atom stereocenters. The van der Waals surface area contributed by atoms with Gasteiger partial charge in [0.2, 0.25) is 11.8 Å². The number of rotatable bonds is 8. The molecule has 1 aromatic heterocycles. The molecule has 4 aliphatic carbocycles. The summed E-state index contributed by atoms with van der Waals surface area (Å²) in [5.74, 6) is 2.76. The van der Waals surface area contributed by atoms with Crippen LogP contribution >= 0.6 is 0 Å². The van der Waals surface area contributed by atoms with E-state index in [2.05, 4.69) is 20.4 Å². The number of benzene rings is 1. The number of aromatic nitrogens is 2. The highest BCUT2D eigenvalue weighted by Gasteiger charge is 2.50. The summed E-state index contributed by atoms with van der Waals surface area (Å²) in [6.45, 7) is 8.75. The normalized spacial score (nSPS) is 32.1. The summed E-state index contributed by atoms with van der Waals surface area (Å²) in [5, 5.41) is 7.02. The Balaban J connectivity index is 0.950. The number of piperidine rings is 1. The topological polar surface area (TPSA) is 99.6 Å². The van der Waals surface area contributed by atoms with Crippen molar-refractivity contribution in [1.82, 2.24) is 30.0 Å². The van der Waals surface area contributed by atoms with Crippen molar-refractivity contribution in [3.05, 3.63) is 39.9 Å². The first-order valence-corrected chi connectivity index (χ1v) is 15.9. The Hall–Kier alpha value is -2.62. The Morgan fingerprint density at radius 3 is 2.34 bits per heavy atom. The van der Waals surface area contributed by atoms with Crippen molar-refractivity contribution in [2.75, 3.05) is 39.3 Å². The number of hydrogen-bond acceptors (Lipinski definition) is 7. The average Bonchev–Trinajstić information content (AvgIpc) is 2.92. The van der Waals surface area contributed by atoms with Crippen LogP contribution in [0, 0.1) is 24.7 Å². The Morgan fingerprint density at radius 1 is 0.976 bits per heavy atom. The molecule has 2 aromatic rings. The molecule has 6 aliphatic rings. The molecule has 9 nitrogen and oxygen atoms in total. The minimum absolute atomic E-state index is 0.192. The van der Waals surface area contributed by atoms with Crippen LogP contribution in [0.25, 0.3) is 10.9 Å². The quantitative estimate of drug-likeness (QED) is 0.378.